The van der Waals surface area contributed by atoms with Crippen molar-refractivity contribution in [1.29, 1.82) is 10.5 Å². The Morgan fingerprint density at radius 3 is 2.72 bits per heavy atom. The van der Waals surface area contributed by atoms with Gasteiger partial charge in [-0.25, -0.2) is 4.98 Å². The van der Waals surface area contributed by atoms with E-state index in [1.54, 1.807) is 12.1 Å². The molecule has 0 bridgehead atoms. The number of pyridine rings is 2. The Hall–Kier alpha value is -2.98. The number of hydrogen-bond donors (Lipinski definition) is 1. The zero-order valence-corrected chi connectivity index (χ0v) is 18.0. The SMILES string of the molecule is N#Cc1c(Cl)nc(NC2(C#N)CC2)c2c1CN(Cc1ccc(OC3COC3)nc1F)CC2. The Labute approximate surface area is 189 Å². The highest BCUT2D eigenvalue weighted by Gasteiger charge is 2.44. The molecule has 5 rings (SSSR count). The highest BCUT2D eigenvalue weighted by molar-refractivity contribution is 6.30. The number of halogens is 2. The Balaban J connectivity index is 1.35. The van der Waals surface area contributed by atoms with Crippen molar-refractivity contribution < 1.29 is 13.9 Å². The summed E-state index contributed by atoms with van der Waals surface area (Å²) in [5, 5.41) is 22.4. The number of ether oxygens (including phenoxy) is 2. The van der Waals surface area contributed by atoms with Gasteiger partial charge in [-0.2, -0.15) is 19.9 Å². The first kappa shape index (κ1) is 20.9. The molecule has 8 nitrogen and oxygen atoms in total. The van der Waals surface area contributed by atoms with Gasteiger partial charge in [0.25, 0.3) is 0 Å². The number of nitriles is 2. The summed E-state index contributed by atoms with van der Waals surface area (Å²) in [4.78, 5) is 10.3. The topological polar surface area (TPSA) is 107 Å². The van der Waals surface area contributed by atoms with E-state index in [2.05, 4.69) is 27.4 Å². The third-order valence-electron chi connectivity index (χ3n) is 6.05. The third-order valence-corrected chi connectivity index (χ3v) is 6.32. The molecule has 0 radical (unpaired) electrons. The lowest BCUT2D eigenvalue weighted by molar-refractivity contribution is -0.0815. The Kier molecular flexibility index (Phi) is 5.34. The standard InChI is InChI=1S/C22H20ClFN6O2/c23-19-16(7-25)17-9-30(6-3-15(17)21(28-19)29-22(12-26)4-5-22)8-13-1-2-18(27-20(13)24)32-14-10-31-11-14/h1-2,14H,3-6,8-11H2,(H,28,29). The van der Waals surface area contributed by atoms with Gasteiger partial charge in [0, 0.05) is 36.8 Å². The maximum absolute atomic E-state index is 14.6. The van der Waals surface area contributed by atoms with E-state index in [1.165, 1.54) is 0 Å². The molecule has 10 heteroatoms. The van der Waals surface area contributed by atoms with E-state index < -0.39 is 11.5 Å². The summed E-state index contributed by atoms with van der Waals surface area (Å²) in [7, 11) is 0. The van der Waals surface area contributed by atoms with Gasteiger partial charge in [0.2, 0.25) is 11.8 Å². The minimum Gasteiger partial charge on any atom is -0.469 e. The molecule has 0 spiro atoms. The van der Waals surface area contributed by atoms with Crippen LogP contribution in [0.1, 0.15) is 35.1 Å². The molecule has 1 aliphatic carbocycles. The van der Waals surface area contributed by atoms with Crippen LogP contribution in [0.2, 0.25) is 5.15 Å². The van der Waals surface area contributed by atoms with Gasteiger partial charge >= 0.3 is 0 Å². The molecule has 32 heavy (non-hydrogen) atoms. The number of fused-ring (bicyclic) bond motifs is 1. The van der Waals surface area contributed by atoms with E-state index in [1.807, 2.05) is 4.90 Å². The monoisotopic (exact) mass is 454 g/mol. The molecule has 4 heterocycles. The molecule has 2 aromatic rings. The molecule has 1 N–H and O–H groups in total. The van der Waals surface area contributed by atoms with Crippen LogP contribution >= 0.6 is 11.6 Å². The lowest BCUT2D eigenvalue weighted by atomic mass is 9.96. The van der Waals surface area contributed by atoms with Crippen LogP contribution in [0.25, 0.3) is 0 Å². The van der Waals surface area contributed by atoms with Crippen LogP contribution in [-0.2, 0) is 24.2 Å². The van der Waals surface area contributed by atoms with Crippen molar-refractivity contribution in [3.8, 4) is 18.0 Å². The molecule has 0 unspecified atom stereocenters. The predicted octanol–water partition coefficient (Wildman–Crippen LogP) is 2.94. The average molecular weight is 455 g/mol. The number of nitrogens with zero attached hydrogens (tertiary/aromatic N) is 5. The Morgan fingerprint density at radius 1 is 1.28 bits per heavy atom. The number of hydrogen-bond acceptors (Lipinski definition) is 8. The zero-order chi connectivity index (χ0) is 22.3. The van der Waals surface area contributed by atoms with E-state index in [0.717, 1.165) is 24.0 Å². The van der Waals surface area contributed by atoms with Crippen LogP contribution in [0.3, 0.4) is 0 Å². The van der Waals surface area contributed by atoms with Gasteiger partial charge in [0.15, 0.2) is 0 Å². The van der Waals surface area contributed by atoms with Crippen molar-refractivity contribution in [3.05, 3.63) is 45.5 Å². The second kappa shape index (κ2) is 8.18. The first-order valence-corrected chi connectivity index (χ1v) is 10.8. The van der Waals surface area contributed by atoms with Crippen LogP contribution in [0.4, 0.5) is 10.2 Å². The minimum absolute atomic E-state index is 0.0762. The summed E-state index contributed by atoms with van der Waals surface area (Å²) in [5.41, 5.74) is 1.84. The Bertz CT molecular complexity index is 1150. The third kappa shape index (κ3) is 3.95. The summed E-state index contributed by atoms with van der Waals surface area (Å²) in [5.74, 6) is 0.237. The van der Waals surface area contributed by atoms with Crippen LogP contribution in [-0.4, -0.2) is 46.3 Å². The fourth-order valence-corrected chi connectivity index (χ4v) is 4.19. The first-order valence-electron chi connectivity index (χ1n) is 10.4. The van der Waals surface area contributed by atoms with E-state index in [4.69, 9.17) is 21.1 Å². The van der Waals surface area contributed by atoms with Gasteiger partial charge in [0.05, 0.1) is 24.8 Å². The number of anilines is 1. The van der Waals surface area contributed by atoms with Crippen molar-refractivity contribution in [3.63, 3.8) is 0 Å². The molecule has 1 saturated carbocycles. The van der Waals surface area contributed by atoms with Crippen LogP contribution in [0.15, 0.2) is 12.1 Å². The van der Waals surface area contributed by atoms with E-state index >= 15 is 0 Å². The van der Waals surface area contributed by atoms with Crippen molar-refractivity contribution in [2.45, 2.75) is 44.0 Å². The lowest BCUT2D eigenvalue weighted by Crippen LogP contribution is -2.38. The fraction of sp³-hybridized carbons (Fsp3) is 0.455. The molecular formula is C22H20ClFN6O2. The maximum atomic E-state index is 14.6. The van der Waals surface area contributed by atoms with Gasteiger partial charge in [-0.15, -0.1) is 0 Å². The van der Waals surface area contributed by atoms with Crippen LogP contribution in [0, 0.1) is 28.6 Å². The molecule has 0 atom stereocenters. The van der Waals surface area contributed by atoms with Gasteiger partial charge in [0.1, 0.15) is 28.7 Å². The summed E-state index contributed by atoms with van der Waals surface area (Å²) in [6.07, 6.45) is 2.04. The van der Waals surface area contributed by atoms with Gasteiger partial charge in [-0.05, 0) is 30.9 Å². The molecule has 0 amide bonds. The van der Waals surface area contributed by atoms with Crippen LogP contribution < -0.4 is 10.1 Å². The van der Waals surface area contributed by atoms with E-state index in [9.17, 15) is 14.9 Å². The van der Waals surface area contributed by atoms with Crippen molar-refractivity contribution in [1.82, 2.24) is 14.9 Å². The summed E-state index contributed by atoms with van der Waals surface area (Å²) >= 11 is 6.30. The highest BCUT2D eigenvalue weighted by Crippen LogP contribution is 2.41. The number of aromatic nitrogens is 2. The minimum atomic E-state index is -0.598. The van der Waals surface area contributed by atoms with Crippen molar-refractivity contribution >= 4 is 17.4 Å². The normalized spacial score (nSPS) is 19.2. The van der Waals surface area contributed by atoms with Crippen molar-refractivity contribution in [2.75, 3.05) is 25.1 Å². The zero-order valence-electron chi connectivity index (χ0n) is 17.2. The second-order valence-corrected chi connectivity index (χ2v) is 8.71. The summed E-state index contributed by atoms with van der Waals surface area (Å²) in [6.45, 7) is 2.38. The van der Waals surface area contributed by atoms with Crippen molar-refractivity contribution in [2.24, 2.45) is 0 Å². The number of nitrogens with one attached hydrogen (secondary N) is 1. The predicted molar refractivity (Wildman–Crippen MR) is 112 cm³/mol. The molecule has 2 fully saturated rings. The van der Waals surface area contributed by atoms with Gasteiger partial charge in [-0.3, -0.25) is 4.90 Å². The first-order chi connectivity index (χ1) is 15.5. The number of rotatable bonds is 6. The maximum Gasteiger partial charge on any atom is 0.220 e. The quantitative estimate of drug-likeness (QED) is 0.664. The smallest absolute Gasteiger partial charge is 0.220 e. The van der Waals surface area contributed by atoms with E-state index in [-0.39, 0.29) is 17.1 Å². The molecule has 1 saturated heterocycles. The molecule has 3 aliphatic rings. The molecule has 2 aliphatic heterocycles. The largest absolute Gasteiger partial charge is 0.469 e. The fourth-order valence-electron chi connectivity index (χ4n) is 3.95. The average Bonchev–Trinajstić information content (AvgIpc) is 3.52. The Morgan fingerprint density at radius 2 is 2.09 bits per heavy atom. The molecule has 2 aromatic heterocycles. The molecular weight excluding hydrogens is 435 g/mol. The van der Waals surface area contributed by atoms with Crippen LogP contribution in [0.5, 0.6) is 5.88 Å². The van der Waals surface area contributed by atoms with Gasteiger partial charge < -0.3 is 14.8 Å². The second-order valence-electron chi connectivity index (χ2n) is 8.35. The molecule has 164 valence electrons. The van der Waals surface area contributed by atoms with Gasteiger partial charge in [-0.1, -0.05) is 11.6 Å². The summed E-state index contributed by atoms with van der Waals surface area (Å²) < 4.78 is 25.2. The lowest BCUT2D eigenvalue weighted by Gasteiger charge is -2.31. The summed E-state index contributed by atoms with van der Waals surface area (Å²) in [6, 6.07) is 7.78. The van der Waals surface area contributed by atoms with E-state index in [0.29, 0.717) is 56.2 Å². The molecule has 0 aromatic carbocycles. The highest BCUT2D eigenvalue weighted by atomic mass is 35.5.